The van der Waals surface area contributed by atoms with Crippen LogP contribution in [0.2, 0.25) is 0 Å². The lowest BCUT2D eigenvalue weighted by molar-refractivity contribution is -0.202. The predicted molar refractivity (Wildman–Crippen MR) is 97.4 cm³/mol. The summed E-state index contributed by atoms with van der Waals surface area (Å²) in [5, 5.41) is 0. The molecule has 1 amide bonds. The van der Waals surface area contributed by atoms with Crippen LogP contribution in [0.5, 0.6) is 0 Å². The number of hydrogen-bond acceptors (Lipinski definition) is 4. The second kappa shape index (κ2) is 7.74. The maximum Gasteiger partial charge on any atom is 0.227 e. The summed E-state index contributed by atoms with van der Waals surface area (Å²) < 4.78 is 25.3. The molecule has 0 N–H and O–H groups in total. The van der Waals surface area contributed by atoms with E-state index in [1.54, 1.807) is 23.2 Å². The van der Waals surface area contributed by atoms with E-state index in [2.05, 4.69) is 4.98 Å². The highest BCUT2D eigenvalue weighted by atomic mass is 19.1. The third kappa shape index (κ3) is 4.34. The van der Waals surface area contributed by atoms with Crippen molar-refractivity contribution in [2.24, 2.45) is 0 Å². The first kappa shape index (κ1) is 18.1. The number of hydrogen-bond donors (Lipinski definition) is 0. The molecule has 0 aliphatic carbocycles. The number of nitrogens with zero attached hydrogens (tertiary/aromatic N) is 2. The molecule has 3 heterocycles. The average Bonchev–Trinajstić information content (AvgIpc) is 2.65. The molecule has 2 aromatic rings. The zero-order valence-electron chi connectivity index (χ0n) is 15.1. The third-order valence-electron chi connectivity index (χ3n) is 5.20. The van der Waals surface area contributed by atoms with E-state index in [0.29, 0.717) is 31.9 Å². The first-order valence-electron chi connectivity index (χ1n) is 9.30. The standard InChI is InChI=1S/C21H23FN2O3/c22-17-5-3-4-16(10-17)11-20(25)24-14-21(15-24)12-19(7-9-27-21)26-13-18-6-1-2-8-23-18/h1-6,8,10,19H,7,9,11-15H2/t19-/m1/s1. The van der Waals surface area contributed by atoms with Crippen molar-refractivity contribution >= 4 is 5.91 Å². The van der Waals surface area contributed by atoms with Gasteiger partial charge in [0.15, 0.2) is 0 Å². The Labute approximate surface area is 158 Å². The van der Waals surface area contributed by atoms with Crippen LogP contribution in [0.3, 0.4) is 0 Å². The quantitative estimate of drug-likeness (QED) is 0.812. The van der Waals surface area contributed by atoms with Crippen LogP contribution >= 0.6 is 0 Å². The summed E-state index contributed by atoms with van der Waals surface area (Å²) in [7, 11) is 0. The maximum absolute atomic E-state index is 13.3. The minimum atomic E-state index is -0.316. The summed E-state index contributed by atoms with van der Waals surface area (Å²) in [6, 6.07) is 12.0. The molecular weight excluding hydrogens is 347 g/mol. The number of benzene rings is 1. The third-order valence-corrected chi connectivity index (χ3v) is 5.20. The van der Waals surface area contributed by atoms with E-state index < -0.39 is 0 Å². The van der Waals surface area contributed by atoms with Gasteiger partial charge in [0.05, 0.1) is 37.9 Å². The van der Waals surface area contributed by atoms with Crippen LogP contribution in [-0.2, 0) is 27.3 Å². The van der Waals surface area contributed by atoms with Gasteiger partial charge in [0, 0.05) is 19.2 Å². The maximum atomic E-state index is 13.3. The summed E-state index contributed by atoms with van der Waals surface area (Å²) in [6.45, 7) is 2.28. The Morgan fingerprint density at radius 1 is 1.30 bits per heavy atom. The summed E-state index contributed by atoms with van der Waals surface area (Å²) in [5.74, 6) is -0.310. The Morgan fingerprint density at radius 2 is 2.19 bits per heavy atom. The lowest BCUT2D eigenvalue weighted by Crippen LogP contribution is -2.67. The van der Waals surface area contributed by atoms with Crippen molar-refractivity contribution < 1.29 is 18.7 Å². The highest BCUT2D eigenvalue weighted by molar-refractivity contribution is 5.80. The van der Waals surface area contributed by atoms with Crippen LogP contribution < -0.4 is 0 Å². The second-order valence-electron chi connectivity index (χ2n) is 7.33. The molecule has 27 heavy (non-hydrogen) atoms. The van der Waals surface area contributed by atoms with Gasteiger partial charge in [-0.25, -0.2) is 4.39 Å². The van der Waals surface area contributed by atoms with Gasteiger partial charge in [0.1, 0.15) is 11.4 Å². The summed E-state index contributed by atoms with van der Waals surface area (Å²) in [6.07, 6.45) is 3.72. The topological polar surface area (TPSA) is 51.7 Å². The Morgan fingerprint density at radius 3 is 2.96 bits per heavy atom. The number of halogens is 1. The SMILES string of the molecule is O=C(Cc1cccc(F)c1)N1CC2(C[C@H](OCc3ccccn3)CCO2)C1. The van der Waals surface area contributed by atoms with Crippen molar-refractivity contribution in [3.8, 4) is 0 Å². The number of carbonyl (C=O) groups is 1. The van der Waals surface area contributed by atoms with Crippen LogP contribution in [0, 0.1) is 5.82 Å². The molecular formula is C21H23FN2O3. The Bertz CT molecular complexity index is 793. The van der Waals surface area contributed by atoms with E-state index in [9.17, 15) is 9.18 Å². The Hall–Kier alpha value is -2.31. The van der Waals surface area contributed by atoms with Crippen LogP contribution in [0.1, 0.15) is 24.1 Å². The minimum absolute atomic E-state index is 0.00588. The molecule has 1 spiro atoms. The van der Waals surface area contributed by atoms with Gasteiger partial charge in [-0.15, -0.1) is 0 Å². The van der Waals surface area contributed by atoms with Crippen molar-refractivity contribution in [2.45, 2.75) is 37.6 Å². The molecule has 2 aliphatic rings. The van der Waals surface area contributed by atoms with Crippen molar-refractivity contribution in [1.82, 2.24) is 9.88 Å². The minimum Gasteiger partial charge on any atom is -0.372 e. The lowest BCUT2D eigenvalue weighted by atomic mass is 9.84. The lowest BCUT2D eigenvalue weighted by Gasteiger charge is -2.53. The molecule has 0 unspecified atom stereocenters. The highest BCUT2D eigenvalue weighted by Gasteiger charge is 2.49. The Kier molecular flexibility index (Phi) is 5.18. The van der Waals surface area contributed by atoms with Gasteiger partial charge in [0.2, 0.25) is 5.91 Å². The summed E-state index contributed by atoms with van der Waals surface area (Å²) in [5.41, 5.74) is 1.31. The molecule has 2 saturated heterocycles. The molecule has 4 rings (SSSR count). The molecule has 1 aromatic carbocycles. The zero-order chi connectivity index (χ0) is 18.7. The largest absolute Gasteiger partial charge is 0.372 e. The van der Waals surface area contributed by atoms with E-state index in [1.807, 2.05) is 18.2 Å². The monoisotopic (exact) mass is 370 g/mol. The van der Waals surface area contributed by atoms with Gasteiger partial charge in [-0.3, -0.25) is 9.78 Å². The van der Waals surface area contributed by atoms with Gasteiger partial charge in [-0.05, 0) is 36.2 Å². The molecule has 1 aromatic heterocycles. The van der Waals surface area contributed by atoms with Crippen molar-refractivity contribution in [3.63, 3.8) is 0 Å². The van der Waals surface area contributed by atoms with Gasteiger partial charge >= 0.3 is 0 Å². The molecule has 0 bridgehead atoms. The van der Waals surface area contributed by atoms with E-state index in [-0.39, 0.29) is 29.9 Å². The number of carbonyl (C=O) groups excluding carboxylic acids is 1. The Balaban J connectivity index is 1.27. The first-order chi connectivity index (χ1) is 13.1. The zero-order valence-corrected chi connectivity index (χ0v) is 15.1. The number of amides is 1. The summed E-state index contributed by atoms with van der Waals surface area (Å²) in [4.78, 5) is 18.5. The number of aromatic nitrogens is 1. The number of ether oxygens (including phenoxy) is 2. The fourth-order valence-electron chi connectivity index (χ4n) is 3.79. The second-order valence-corrected chi connectivity index (χ2v) is 7.33. The van der Waals surface area contributed by atoms with Crippen molar-refractivity contribution in [1.29, 1.82) is 0 Å². The summed E-state index contributed by atoms with van der Waals surface area (Å²) >= 11 is 0. The predicted octanol–water partition coefficient (Wildman–Crippen LogP) is 2.74. The highest BCUT2D eigenvalue weighted by Crippen LogP contribution is 2.35. The van der Waals surface area contributed by atoms with E-state index in [0.717, 1.165) is 18.5 Å². The molecule has 2 aliphatic heterocycles. The van der Waals surface area contributed by atoms with E-state index >= 15 is 0 Å². The number of rotatable bonds is 5. The van der Waals surface area contributed by atoms with Crippen LogP contribution in [0.15, 0.2) is 48.7 Å². The molecule has 1 atom stereocenters. The molecule has 6 heteroatoms. The normalized spacial score (nSPS) is 21.1. The number of pyridine rings is 1. The van der Waals surface area contributed by atoms with Crippen molar-refractivity contribution in [2.75, 3.05) is 19.7 Å². The van der Waals surface area contributed by atoms with Gasteiger partial charge in [0.25, 0.3) is 0 Å². The average molecular weight is 370 g/mol. The number of likely N-dealkylation sites (tertiary alicyclic amines) is 1. The van der Waals surface area contributed by atoms with Gasteiger partial charge in [-0.2, -0.15) is 0 Å². The molecule has 2 fully saturated rings. The van der Waals surface area contributed by atoms with Gasteiger partial charge < -0.3 is 14.4 Å². The smallest absolute Gasteiger partial charge is 0.227 e. The van der Waals surface area contributed by atoms with Crippen molar-refractivity contribution in [3.05, 3.63) is 65.7 Å². The molecule has 0 radical (unpaired) electrons. The first-order valence-corrected chi connectivity index (χ1v) is 9.30. The molecule has 5 nitrogen and oxygen atoms in total. The van der Waals surface area contributed by atoms with Crippen LogP contribution in [-0.4, -0.2) is 47.2 Å². The van der Waals surface area contributed by atoms with E-state index in [4.69, 9.17) is 9.47 Å². The van der Waals surface area contributed by atoms with E-state index in [1.165, 1.54) is 12.1 Å². The van der Waals surface area contributed by atoms with Crippen LogP contribution in [0.25, 0.3) is 0 Å². The molecule has 142 valence electrons. The van der Waals surface area contributed by atoms with Gasteiger partial charge in [-0.1, -0.05) is 18.2 Å². The molecule has 0 saturated carbocycles. The fraction of sp³-hybridized carbons (Fsp3) is 0.429. The fourth-order valence-corrected chi connectivity index (χ4v) is 3.79. The van der Waals surface area contributed by atoms with Crippen LogP contribution in [0.4, 0.5) is 4.39 Å².